The van der Waals surface area contributed by atoms with Crippen molar-refractivity contribution in [2.45, 2.75) is 37.1 Å². The number of carbonyl (C=O) groups is 3. The Labute approximate surface area is 218 Å². The molecular formula is C26H25Cl2N5O3. The van der Waals surface area contributed by atoms with E-state index in [9.17, 15) is 14.4 Å². The topological polar surface area (TPSA) is 108 Å². The lowest BCUT2D eigenvalue weighted by molar-refractivity contribution is -0.138. The molecule has 1 fully saturated rings. The molecule has 3 heterocycles. The number of anilines is 1. The highest BCUT2D eigenvalue weighted by Gasteiger charge is 2.63. The molecule has 3 N–H and O–H groups in total. The van der Waals surface area contributed by atoms with Crippen molar-refractivity contribution >= 4 is 52.4 Å². The van der Waals surface area contributed by atoms with Gasteiger partial charge in [0.1, 0.15) is 24.3 Å². The van der Waals surface area contributed by atoms with E-state index in [1.807, 2.05) is 36.1 Å². The van der Waals surface area contributed by atoms with E-state index in [0.717, 1.165) is 21.7 Å². The number of amides is 3. The van der Waals surface area contributed by atoms with Gasteiger partial charge in [-0.2, -0.15) is 5.10 Å². The average Bonchev–Trinajstić information content (AvgIpc) is 3.10. The molecule has 1 spiro atoms. The first-order chi connectivity index (χ1) is 17.2. The maximum Gasteiger partial charge on any atom is 0.262 e. The Hall–Kier alpha value is -3.36. The molecular weight excluding hydrogens is 501 g/mol. The highest BCUT2D eigenvalue weighted by atomic mass is 35.5. The van der Waals surface area contributed by atoms with Crippen molar-refractivity contribution in [3.8, 4) is 0 Å². The fraction of sp³-hybridized carbons (Fsp3) is 0.308. The Morgan fingerprint density at radius 1 is 1.22 bits per heavy atom. The zero-order chi connectivity index (χ0) is 25.8. The molecule has 2 aromatic rings. The van der Waals surface area contributed by atoms with Gasteiger partial charge in [0.05, 0.1) is 6.04 Å². The molecule has 3 amide bonds. The number of hydrogen-bond acceptors (Lipinski definition) is 5. The third kappa shape index (κ3) is 3.67. The van der Waals surface area contributed by atoms with Crippen molar-refractivity contribution in [3.63, 3.8) is 0 Å². The van der Waals surface area contributed by atoms with Crippen LogP contribution in [0.2, 0.25) is 10.0 Å². The van der Waals surface area contributed by atoms with E-state index in [2.05, 4.69) is 17.0 Å². The van der Waals surface area contributed by atoms with E-state index in [4.69, 9.17) is 28.9 Å². The monoisotopic (exact) mass is 525 g/mol. The Bertz CT molecular complexity index is 1340. The molecule has 3 aliphatic heterocycles. The van der Waals surface area contributed by atoms with Crippen LogP contribution in [0.3, 0.4) is 0 Å². The number of amidine groups is 1. The van der Waals surface area contributed by atoms with Gasteiger partial charge in [-0.25, -0.2) is 5.01 Å². The molecule has 5 rings (SSSR count). The van der Waals surface area contributed by atoms with Gasteiger partial charge in [-0.15, -0.1) is 0 Å². The number of hydrazone groups is 1. The number of nitrogens with two attached hydrogens (primary N) is 1. The van der Waals surface area contributed by atoms with E-state index in [1.165, 1.54) is 0 Å². The van der Waals surface area contributed by atoms with Crippen LogP contribution in [0.25, 0.3) is 0 Å². The predicted octanol–water partition coefficient (Wildman–Crippen LogP) is 3.65. The number of carbonyl (C=O) groups excluding carboxylic acids is 3. The molecule has 0 saturated carbocycles. The van der Waals surface area contributed by atoms with Gasteiger partial charge in [0, 0.05) is 28.1 Å². The number of rotatable bonds is 5. The van der Waals surface area contributed by atoms with E-state index < -0.39 is 23.3 Å². The van der Waals surface area contributed by atoms with Crippen LogP contribution in [-0.4, -0.2) is 52.6 Å². The molecule has 0 aliphatic carbocycles. The molecule has 8 nitrogen and oxygen atoms in total. The molecule has 3 atom stereocenters. The van der Waals surface area contributed by atoms with Crippen LogP contribution in [-0.2, 0) is 19.8 Å². The molecule has 0 radical (unpaired) electrons. The minimum atomic E-state index is -1.12. The van der Waals surface area contributed by atoms with Gasteiger partial charge < -0.3 is 16.0 Å². The molecule has 0 bridgehead atoms. The van der Waals surface area contributed by atoms with Crippen molar-refractivity contribution < 1.29 is 14.4 Å². The number of fused-ring (bicyclic) bond motifs is 3. The van der Waals surface area contributed by atoms with Crippen LogP contribution in [0.15, 0.2) is 59.7 Å². The molecule has 2 aromatic carbocycles. The summed E-state index contributed by atoms with van der Waals surface area (Å²) < 4.78 is 0. The summed E-state index contributed by atoms with van der Waals surface area (Å²) in [6.45, 7) is 5.94. The molecule has 3 aliphatic rings. The zero-order valence-electron chi connectivity index (χ0n) is 19.6. The third-order valence-corrected chi connectivity index (χ3v) is 7.76. The van der Waals surface area contributed by atoms with Crippen LogP contribution < -0.4 is 11.1 Å². The van der Waals surface area contributed by atoms with Crippen molar-refractivity contribution in [3.05, 3.63) is 75.8 Å². The first kappa shape index (κ1) is 24.3. The number of piperidine rings is 1. The van der Waals surface area contributed by atoms with Gasteiger partial charge in [-0.05, 0) is 41.8 Å². The van der Waals surface area contributed by atoms with E-state index in [0.29, 0.717) is 34.4 Å². The number of nitrogens with one attached hydrogen (secondary N) is 1. The summed E-state index contributed by atoms with van der Waals surface area (Å²) in [7, 11) is 0. The maximum absolute atomic E-state index is 14.1. The third-order valence-electron chi connectivity index (χ3n) is 7.29. The zero-order valence-corrected chi connectivity index (χ0v) is 21.1. The fourth-order valence-electron chi connectivity index (χ4n) is 5.81. The minimum absolute atomic E-state index is 0.0595. The lowest BCUT2D eigenvalue weighted by atomic mass is 9.58. The molecule has 36 heavy (non-hydrogen) atoms. The van der Waals surface area contributed by atoms with Crippen LogP contribution in [0, 0.1) is 0 Å². The highest BCUT2D eigenvalue weighted by molar-refractivity contribution is 6.31. The quantitative estimate of drug-likeness (QED) is 0.580. The summed E-state index contributed by atoms with van der Waals surface area (Å²) in [5.74, 6) is -1.05. The lowest BCUT2D eigenvalue weighted by Gasteiger charge is -2.54. The van der Waals surface area contributed by atoms with Crippen molar-refractivity contribution in [1.29, 1.82) is 0 Å². The standard InChI is InChI=1S/C26H25Cl2N5O3/c1-3-14(2)24-26(18-8-7-17(28)10-20(18)30-25(26)36)19(15-5-4-6-16(27)9-15)11-22-31-33(12-21(29)34)23(35)13-32(22)24/h4-10,19,24H,2-3,11-13H2,1H3,(H2,29,34)(H,30,36)/t19-,24+,26?/m0/s1. The first-order valence-electron chi connectivity index (χ1n) is 11.6. The van der Waals surface area contributed by atoms with E-state index in [-0.39, 0.29) is 24.9 Å². The number of hydrogen-bond donors (Lipinski definition) is 2. The number of benzene rings is 2. The number of primary amides is 1. The van der Waals surface area contributed by atoms with Gasteiger partial charge in [0.25, 0.3) is 5.91 Å². The SMILES string of the molecule is C=C(CC)[C@H]1N2CC(=O)N(CC(N)=O)N=C2C[C@@H](c2cccc(Cl)c2)C12C(=O)Nc1cc(Cl)ccc12. The summed E-state index contributed by atoms with van der Waals surface area (Å²) in [6.07, 6.45) is 0.903. The number of halogens is 2. The van der Waals surface area contributed by atoms with Gasteiger partial charge in [0.15, 0.2) is 0 Å². The second-order valence-corrected chi connectivity index (χ2v) is 10.2. The smallest absolute Gasteiger partial charge is 0.262 e. The average molecular weight is 526 g/mol. The molecule has 1 unspecified atom stereocenters. The Morgan fingerprint density at radius 2 is 1.97 bits per heavy atom. The maximum atomic E-state index is 14.1. The number of nitrogens with zero attached hydrogens (tertiary/aromatic N) is 3. The van der Waals surface area contributed by atoms with E-state index >= 15 is 0 Å². The summed E-state index contributed by atoms with van der Waals surface area (Å²) in [5.41, 5.74) is 7.29. The van der Waals surface area contributed by atoms with Crippen LogP contribution >= 0.6 is 23.2 Å². The summed E-state index contributed by atoms with van der Waals surface area (Å²) in [6, 6.07) is 12.2. The van der Waals surface area contributed by atoms with E-state index in [1.54, 1.807) is 18.2 Å². The van der Waals surface area contributed by atoms with Gasteiger partial charge in [-0.3, -0.25) is 14.4 Å². The van der Waals surface area contributed by atoms with Crippen LogP contribution in [0.4, 0.5) is 5.69 Å². The van der Waals surface area contributed by atoms with Gasteiger partial charge >= 0.3 is 0 Å². The Morgan fingerprint density at radius 3 is 2.67 bits per heavy atom. The first-order valence-corrected chi connectivity index (χ1v) is 12.4. The van der Waals surface area contributed by atoms with Crippen molar-refractivity contribution in [2.24, 2.45) is 10.8 Å². The minimum Gasteiger partial charge on any atom is -0.368 e. The van der Waals surface area contributed by atoms with Gasteiger partial charge in [-0.1, -0.05) is 60.5 Å². The van der Waals surface area contributed by atoms with Crippen LogP contribution in [0.1, 0.15) is 36.8 Å². The van der Waals surface area contributed by atoms with Crippen molar-refractivity contribution in [1.82, 2.24) is 9.91 Å². The molecule has 0 aromatic heterocycles. The highest BCUT2D eigenvalue weighted by Crippen LogP contribution is 2.57. The lowest BCUT2D eigenvalue weighted by Crippen LogP contribution is -2.66. The largest absolute Gasteiger partial charge is 0.368 e. The fourth-order valence-corrected chi connectivity index (χ4v) is 6.18. The van der Waals surface area contributed by atoms with Crippen LogP contribution in [0.5, 0.6) is 0 Å². The summed E-state index contributed by atoms with van der Waals surface area (Å²) in [5, 5.41) is 9.74. The normalized spacial score (nSPS) is 24.8. The predicted molar refractivity (Wildman–Crippen MR) is 139 cm³/mol. The Balaban J connectivity index is 1.78. The van der Waals surface area contributed by atoms with Crippen molar-refractivity contribution in [2.75, 3.05) is 18.4 Å². The second-order valence-electron chi connectivity index (χ2n) is 9.30. The molecule has 186 valence electrons. The van der Waals surface area contributed by atoms with Gasteiger partial charge in [0.2, 0.25) is 11.8 Å². The Kier molecular flexibility index (Phi) is 6.04. The summed E-state index contributed by atoms with van der Waals surface area (Å²) >= 11 is 12.7. The second kappa shape index (κ2) is 8.94. The molecule has 10 heteroatoms. The molecule has 1 saturated heterocycles. The summed E-state index contributed by atoms with van der Waals surface area (Å²) in [4.78, 5) is 40.6.